The summed E-state index contributed by atoms with van der Waals surface area (Å²) in [7, 11) is -1.08. The van der Waals surface area contributed by atoms with E-state index in [1.165, 1.54) is 6.42 Å². The molecule has 0 radical (unpaired) electrons. The van der Waals surface area contributed by atoms with E-state index < -0.39 is 10.8 Å². The molecular formula is C16H20O4S. The molecule has 2 aliphatic rings. The minimum absolute atomic E-state index is 0.0788. The van der Waals surface area contributed by atoms with Crippen LogP contribution in [0.25, 0.3) is 0 Å². The zero-order chi connectivity index (χ0) is 14.8. The van der Waals surface area contributed by atoms with Crippen molar-refractivity contribution >= 4 is 16.6 Å². The van der Waals surface area contributed by atoms with Crippen molar-refractivity contribution in [2.45, 2.75) is 37.9 Å². The lowest BCUT2D eigenvalue weighted by molar-refractivity contribution is 0.102. The van der Waals surface area contributed by atoms with Gasteiger partial charge in [0.25, 0.3) is 0 Å². The molecule has 0 aromatic heterocycles. The van der Waals surface area contributed by atoms with Gasteiger partial charge in [0.05, 0.1) is 5.75 Å². The summed E-state index contributed by atoms with van der Waals surface area (Å²) in [6.07, 6.45) is 4.28. The molecule has 0 bridgehead atoms. The molecule has 5 heteroatoms. The van der Waals surface area contributed by atoms with Crippen molar-refractivity contribution in [2.75, 3.05) is 12.5 Å². The molecule has 3 unspecified atom stereocenters. The first-order valence-corrected chi connectivity index (χ1v) is 8.81. The van der Waals surface area contributed by atoms with Crippen molar-refractivity contribution in [1.82, 2.24) is 0 Å². The van der Waals surface area contributed by atoms with Crippen LogP contribution in [0.3, 0.4) is 0 Å². The Balaban J connectivity index is 1.64. The maximum absolute atomic E-state index is 12.4. The van der Waals surface area contributed by atoms with Gasteiger partial charge in [0.15, 0.2) is 17.3 Å². The number of hydrogen-bond donors (Lipinski definition) is 0. The Morgan fingerprint density at radius 2 is 2.10 bits per heavy atom. The highest BCUT2D eigenvalue weighted by molar-refractivity contribution is 7.86. The summed E-state index contributed by atoms with van der Waals surface area (Å²) in [6.45, 7) is 2.39. The van der Waals surface area contributed by atoms with Gasteiger partial charge >= 0.3 is 0 Å². The predicted octanol–water partition coefficient (Wildman–Crippen LogP) is 2.93. The summed E-state index contributed by atoms with van der Waals surface area (Å²) in [5, 5.41) is 0.173. The van der Waals surface area contributed by atoms with Gasteiger partial charge in [-0.05, 0) is 37.0 Å². The topological polar surface area (TPSA) is 52.6 Å². The molecule has 3 rings (SSSR count). The third-order valence-electron chi connectivity index (χ3n) is 4.23. The van der Waals surface area contributed by atoms with Gasteiger partial charge in [-0.3, -0.25) is 9.00 Å². The van der Waals surface area contributed by atoms with Crippen LogP contribution in [0.5, 0.6) is 11.5 Å². The fourth-order valence-electron chi connectivity index (χ4n) is 3.02. The van der Waals surface area contributed by atoms with Crippen molar-refractivity contribution in [3.05, 3.63) is 23.8 Å². The van der Waals surface area contributed by atoms with E-state index in [4.69, 9.17) is 9.47 Å². The quantitative estimate of drug-likeness (QED) is 0.803. The number of carbonyl (C=O) groups is 1. The first kappa shape index (κ1) is 14.6. The van der Waals surface area contributed by atoms with Crippen LogP contribution in [0, 0.1) is 5.92 Å². The molecule has 0 amide bonds. The summed E-state index contributed by atoms with van der Waals surface area (Å²) in [4.78, 5) is 12.3. The normalized spacial score (nSPS) is 25.6. The SMILES string of the molecule is CC1CCCC(S(=O)CC(=O)c2ccc3c(c2)OCO3)C1. The molecule has 21 heavy (non-hydrogen) atoms. The van der Waals surface area contributed by atoms with Gasteiger partial charge in [-0.15, -0.1) is 0 Å². The van der Waals surface area contributed by atoms with Gasteiger partial charge in [0.1, 0.15) is 0 Å². The lowest BCUT2D eigenvalue weighted by atomic mass is 9.91. The third kappa shape index (κ3) is 3.28. The molecule has 4 nitrogen and oxygen atoms in total. The zero-order valence-electron chi connectivity index (χ0n) is 12.2. The Kier molecular flexibility index (Phi) is 4.29. The Morgan fingerprint density at radius 3 is 2.90 bits per heavy atom. The number of rotatable bonds is 4. The van der Waals surface area contributed by atoms with Gasteiger partial charge in [-0.25, -0.2) is 0 Å². The number of ketones is 1. The lowest BCUT2D eigenvalue weighted by Crippen LogP contribution is -2.27. The molecule has 3 atom stereocenters. The fourth-order valence-corrected chi connectivity index (χ4v) is 4.65. The maximum atomic E-state index is 12.4. The Morgan fingerprint density at radius 1 is 1.29 bits per heavy atom. The molecule has 1 saturated carbocycles. The van der Waals surface area contributed by atoms with Gasteiger partial charge in [-0.2, -0.15) is 0 Å². The van der Waals surface area contributed by atoms with E-state index in [-0.39, 0.29) is 23.6 Å². The average Bonchev–Trinajstić information content (AvgIpc) is 2.94. The van der Waals surface area contributed by atoms with Gasteiger partial charge in [0, 0.05) is 21.6 Å². The molecular weight excluding hydrogens is 288 g/mol. The van der Waals surface area contributed by atoms with E-state index in [9.17, 15) is 9.00 Å². The van der Waals surface area contributed by atoms with Crippen LogP contribution in [0.15, 0.2) is 18.2 Å². The lowest BCUT2D eigenvalue weighted by Gasteiger charge is -2.25. The Labute approximate surface area is 127 Å². The van der Waals surface area contributed by atoms with Crippen LogP contribution in [-0.4, -0.2) is 27.8 Å². The highest BCUT2D eigenvalue weighted by Crippen LogP contribution is 2.33. The van der Waals surface area contributed by atoms with Crippen molar-refractivity contribution in [1.29, 1.82) is 0 Å². The Bertz CT molecular complexity index is 569. The number of fused-ring (bicyclic) bond motifs is 1. The number of hydrogen-bond acceptors (Lipinski definition) is 4. The van der Waals surface area contributed by atoms with E-state index in [0.29, 0.717) is 23.0 Å². The van der Waals surface area contributed by atoms with Crippen LogP contribution in [0.4, 0.5) is 0 Å². The van der Waals surface area contributed by atoms with Gasteiger partial charge < -0.3 is 9.47 Å². The number of carbonyl (C=O) groups excluding carboxylic acids is 1. The highest BCUT2D eigenvalue weighted by atomic mass is 32.2. The zero-order valence-corrected chi connectivity index (χ0v) is 13.0. The first-order valence-electron chi connectivity index (χ1n) is 7.43. The third-order valence-corrected chi connectivity index (χ3v) is 5.95. The van der Waals surface area contributed by atoms with E-state index in [0.717, 1.165) is 19.3 Å². The average molecular weight is 308 g/mol. The number of Topliss-reactive ketones (excluding diaryl/α,β-unsaturated/α-hetero) is 1. The second-order valence-corrected chi connectivity index (χ2v) is 7.63. The minimum atomic E-state index is -1.08. The summed E-state index contributed by atoms with van der Waals surface area (Å²) in [5.74, 6) is 1.90. The largest absolute Gasteiger partial charge is 0.454 e. The Hall–Kier alpha value is -1.36. The van der Waals surface area contributed by atoms with Crippen molar-refractivity contribution in [3.63, 3.8) is 0 Å². The van der Waals surface area contributed by atoms with Crippen LogP contribution < -0.4 is 9.47 Å². The first-order chi connectivity index (χ1) is 10.1. The summed E-state index contributed by atoms with van der Waals surface area (Å²) in [6, 6.07) is 5.14. The van der Waals surface area contributed by atoms with Crippen LogP contribution in [0.2, 0.25) is 0 Å². The molecule has 1 heterocycles. The second-order valence-electron chi connectivity index (χ2n) is 5.91. The van der Waals surface area contributed by atoms with E-state index in [2.05, 4.69) is 6.92 Å². The minimum Gasteiger partial charge on any atom is -0.454 e. The molecule has 0 spiro atoms. The standard InChI is InChI=1S/C16H20O4S/c1-11-3-2-4-13(7-11)21(18)9-14(17)12-5-6-15-16(8-12)20-10-19-15/h5-6,8,11,13H,2-4,7,9-10H2,1H3. The number of ether oxygens (including phenoxy) is 2. The molecule has 0 N–H and O–H groups in total. The molecule has 1 aliphatic heterocycles. The summed E-state index contributed by atoms with van der Waals surface area (Å²) < 4.78 is 22.9. The van der Waals surface area contributed by atoms with Gasteiger partial charge in [-0.1, -0.05) is 19.8 Å². The smallest absolute Gasteiger partial charge is 0.231 e. The molecule has 114 valence electrons. The van der Waals surface area contributed by atoms with Gasteiger partial charge in [0.2, 0.25) is 6.79 Å². The fraction of sp³-hybridized carbons (Fsp3) is 0.562. The molecule has 1 aliphatic carbocycles. The van der Waals surface area contributed by atoms with Crippen molar-refractivity contribution < 1.29 is 18.5 Å². The molecule has 1 aromatic rings. The van der Waals surface area contributed by atoms with Crippen LogP contribution in [-0.2, 0) is 10.8 Å². The second kappa shape index (κ2) is 6.18. The van der Waals surface area contributed by atoms with E-state index >= 15 is 0 Å². The molecule has 0 saturated heterocycles. The predicted molar refractivity (Wildman–Crippen MR) is 81.3 cm³/mol. The van der Waals surface area contributed by atoms with Crippen molar-refractivity contribution in [3.8, 4) is 11.5 Å². The summed E-state index contributed by atoms with van der Waals surface area (Å²) >= 11 is 0. The van der Waals surface area contributed by atoms with Crippen LogP contribution >= 0.6 is 0 Å². The van der Waals surface area contributed by atoms with E-state index in [1.54, 1.807) is 18.2 Å². The van der Waals surface area contributed by atoms with Crippen LogP contribution in [0.1, 0.15) is 43.0 Å². The molecule has 1 aromatic carbocycles. The monoisotopic (exact) mass is 308 g/mol. The molecule has 1 fully saturated rings. The number of benzene rings is 1. The summed E-state index contributed by atoms with van der Waals surface area (Å²) in [5.41, 5.74) is 0.552. The van der Waals surface area contributed by atoms with Crippen molar-refractivity contribution in [2.24, 2.45) is 5.92 Å². The van der Waals surface area contributed by atoms with E-state index in [1.807, 2.05) is 0 Å². The maximum Gasteiger partial charge on any atom is 0.231 e. The highest BCUT2D eigenvalue weighted by Gasteiger charge is 2.26.